The molecule has 24 heavy (non-hydrogen) atoms. The van der Waals surface area contributed by atoms with Crippen molar-refractivity contribution in [3.63, 3.8) is 0 Å². The second-order valence-corrected chi connectivity index (χ2v) is 8.32. The third-order valence-electron chi connectivity index (χ3n) is 6.61. The van der Waals surface area contributed by atoms with Gasteiger partial charge < -0.3 is 10.2 Å². The molecule has 0 aromatic rings. The Kier molecular flexibility index (Phi) is 7.38. The average Bonchev–Trinajstić information content (AvgIpc) is 3.30. The third-order valence-corrected chi connectivity index (χ3v) is 6.61. The quantitative estimate of drug-likeness (QED) is 0.813. The summed E-state index contributed by atoms with van der Waals surface area (Å²) in [5, 5.41) is 19.6. The minimum absolute atomic E-state index is 0.0307. The number of rotatable bonds is 2. The van der Waals surface area contributed by atoms with Gasteiger partial charge in [-0.2, -0.15) is 0 Å². The van der Waals surface area contributed by atoms with Crippen molar-refractivity contribution in [2.45, 2.75) is 101 Å². The van der Waals surface area contributed by atoms with Crippen LogP contribution >= 0.6 is 0 Å². The lowest BCUT2D eigenvalue weighted by Gasteiger charge is -2.34. The molecule has 4 heteroatoms. The maximum atomic E-state index is 9.79. The molecule has 4 atom stereocenters. The highest BCUT2D eigenvalue weighted by Gasteiger charge is 2.30. The van der Waals surface area contributed by atoms with E-state index in [0.29, 0.717) is 12.1 Å². The number of aliphatic hydroxyl groups is 2. The molecule has 2 aliphatic heterocycles. The normalized spacial score (nSPS) is 38.8. The van der Waals surface area contributed by atoms with Crippen molar-refractivity contribution >= 4 is 0 Å². The van der Waals surface area contributed by atoms with Gasteiger partial charge in [-0.1, -0.05) is 25.7 Å². The molecule has 0 aromatic heterocycles. The molecule has 4 nitrogen and oxygen atoms in total. The van der Waals surface area contributed by atoms with Gasteiger partial charge in [0.1, 0.15) is 0 Å². The van der Waals surface area contributed by atoms with E-state index in [4.69, 9.17) is 0 Å². The van der Waals surface area contributed by atoms with Crippen molar-refractivity contribution in [2.24, 2.45) is 0 Å². The van der Waals surface area contributed by atoms with Crippen molar-refractivity contribution in [1.82, 2.24) is 9.80 Å². The van der Waals surface area contributed by atoms with Crippen LogP contribution in [0.4, 0.5) is 0 Å². The molecule has 4 aliphatic rings. The Hall–Kier alpha value is -0.160. The molecule has 0 amide bonds. The number of nitrogens with zero attached hydrogens (tertiary/aromatic N) is 2. The molecule has 2 aliphatic carbocycles. The monoisotopic (exact) mass is 338 g/mol. The van der Waals surface area contributed by atoms with E-state index in [-0.39, 0.29) is 12.2 Å². The molecule has 2 heterocycles. The Bertz CT molecular complexity index is 320. The van der Waals surface area contributed by atoms with E-state index in [1.54, 1.807) is 0 Å². The summed E-state index contributed by atoms with van der Waals surface area (Å²) >= 11 is 0. The van der Waals surface area contributed by atoms with Gasteiger partial charge in [-0.15, -0.1) is 0 Å². The van der Waals surface area contributed by atoms with E-state index < -0.39 is 0 Å². The van der Waals surface area contributed by atoms with E-state index in [0.717, 1.165) is 12.8 Å². The highest BCUT2D eigenvalue weighted by molar-refractivity contribution is 4.86. The first kappa shape index (κ1) is 18.6. The first-order chi connectivity index (χ1) is 11.8. The molecule has 0 spiro atoms. The Morgan fingerprint density at radius 2 is 0.792 bits per heavy atom. The van der Waals surface area contributed by atoms with Crippen molar-refractivity contribution in [3.05, 3.63) is 0 Å². The fourth-order valence-corrected chi connectivity index (χ4v) is 5.18. The Labute approximate surface area is 148 Å². The van der Waals surface area contributed by atoms with Gasteiger partial charge in [0.2, 0.25) is 0 Å². The molecule has 4 rings (SSSR count). The molecule has 0 bridgehead atoms. The smallest absolute Gasteiger partial charge is 0.0695 e. The second kappa shape index (κ2) is 9.51. The zero-order chi connectivity index (χ0) is 16.8. The molecular weight excluding hydrogens is 300 g/mol. The average molecular weight is 339 g/mol. The summed E-state index contributed by atoms with van der Waals surface area (Å²) in [6, 6.07) is 1.00. The van der Waals surface area contributed by atoms with Crippen LogP contribution in [-0.4, -0.2) is 70.5 Å². The first-order valence-electron chi connectivity index (χ1n) is 10.6. The lowest BCUT2D eigenvalue weighted by Crippen LogP contribution is -2.43. The van der Waals surface area contributed by atoms with Crippen LogP contribution < -0.4 is 0 Å². The van der Waals surface area contributed by atoms with Gasteiger partial charge in [0, 0.05) is 12.1 Å². The van der Waals surface area contributed by atoms with E-state index in [9.17, 15) is 10.2 Å². The Morgan fingerprint density at radius 1 is 0.458 bits per heavy atom. The summed E-state index contributed by atoms with van der Waals surface area (Å²) in [5.74, 6) is 0. The van der Waals surface area contributed by atoms with Crippen LogP contribution in [0.2, 0.25) is 0 Å². The van der Waals surface area contributed by atoms with Gasteiger partial charge in [0.25, 0.3) is 0 Å². The van der Waals surface area contributed by atoms with Crippen molar-refractivity contribution < 1.29 is 10.2 Å². The summed E-state index contributed by atoms with van der Waals surface area (Å²) < 4.78 is 0. The van der Waals surface area contributed by atoms with Gasteiger partial charge in [0.15, 0.2) is 0 Å². The first-order valence-corrected chi connectivity index (χ1v) is 10.6. The second-order valence-electron chi connectivity index (χ2n) is 8.32. The summed E-state index contributed by atoms with van der Waals surface area (Å²) in [7, 11) is 0. The molecule has 2 saturated heterocycles. The molecule has 0 aromatic carbocycles. The highest BCUT2D eigenvalue weighted by Crippen LogP contribution is 2.26. The van der Waals surface area contributed by atoms with Gasteiger partial charge in [-0.05, 0) is 77.5 Å². The maximum absolute atomic E-state index is 9.79. The van der Waals surface area contributed by atoms with Crippen LogP contribution in [0.5, 0.6) is 0 Å². The minimum atomic E-state index is -0.0307. The number of hydrogen-bond donors (Lipinski definition) is 2. The maximum Gasteiger partial charge on any atom is 0.0695 e. The zero-order valence-corrected chi connectivity index (χ0v) is 15.4. The van der Waals surface area contributed by atoms with Gasteiger partial charge >= 0.3 is 0 Å². The summed E-state index contributed by atoms with van der Waals surface area (Å²) in [5.41, 5.74) is 0. The predicted octanol–water partition coefficient (Wildman–Crippen LogP) is 2.77. The minimum Gasteiger partial charge on any atom is -0.391 e. The van der Waals surface area contributed by atoms with Gasteiger partial charge in [-0.25, -0.2) is 0 Å². The number of aliphatic hydroxyl groups excluding tert-OH is 2. The van der Waals surface area contributed by atoms with E-state index in [1.165, 1.54) is 90.4 Å². The molecule has 2 saturated carbocycles. The zero-order valence-electron chi connectivity index (χ0n) is 15.4. The fraction of sp³-hybridized carbons (Fsp3) is 1.00. The summed E-state index contributed by atoms with van der Waals surface area (Å²) in [6.07, 6.45) is 14.9. The van der Waals surface area contributed by atoms with E-state index in [1.807, 2.05) is 0 Å². The third kappa shape index (κ3) is 4.94. The van der Waals surface area contributed by atoms with Crippen LogP contribution in [0.15, 0.2) is 0 Å². The van der Waals surface area contributed by atoms with Crippen LogP contribution in [-0.2, 0) is 0 Å². The standard InChI is InChI=1S/2C10H19NO/c2*12-10-6-2-1-5-9(10)11-7-3-4-8-11/h2*9-10,12H,1-8H2/t2*9-,10-/m11/s1. The molecule has 140 valence electrons. The SMILES string of the molecule is O[C@@H]1CCCC[C@H]1N1CCCC1.O[C@@H]1CCCC[C@H]1N1CCCC1. The van der Waals surface area contributed by atoms with Crippen LogP contribution in [0, 0.1) is 0 Å². The largest absolute Gasteiger partial charge is 0.391 e. The van der Waals surface area contributed by atoms with Gasteiger partial charge in [-0.3, -0.25) is 9.80 Å². The number of hydrogen-bond acceptors (Lipinski definition) is 4. The van der Waals surface area contributed by atoms with Crippen LogP contribution in [0.3, 0.4) is 0 Å². The molecule has 4 fully saturated rings. The molecule has 0 radical (unpaired) electrons. The predicted molar refractivity (Wildman–Crippen MR) is 98.1 cm³/mol. The van der Waals surface area contributed by atoms with E-state index in [2.05, 4.69) is 9.80 Å². The number of likely N-dealkylation sites (tertiary alicyclic amines) is 2. The van der Waals surface area contributed by atoms with Crippen molar-refractivity contribution in [1.29, 1.82) is 0 Å². The lowest BCUT2D eigenvalue weighted by molar-refractivity contribution is 0.0310. The topological polar surface area (TPSA) is 46.9 Å². The van der Waals surface area contributed by atoms with Gasteiger partial charge in [0.05, 0.1) is 12.2 Å². The van der Waals surface area contributed by atoms with Crippen molar-refractivity contribution in [3.8, 4) is 0 Å². The van der Waals surface area contributed by atoms with Crippen LogP contribution in [0.1, 0.15) is 77.0 Å². The molecular formula is C20H38N2O2. The Balaban J connectivity index is 0.000000141. The molecule has 2 N–H and O–H groups in total. The summed E-state index contributed by atoms with van der Waals surface area (Å²) in [4.78, 5) is 4.98. The van der Waals surface area contributed by atoms with Crippen LogP contribution in [0.25, 0.3) is 0 Å². The molecule has 0 unspecified atom stereocenters. The Morgan fingerprint density at radius 3 is 1.12 bits per heavy atom. The van der Waals surface area contributed by atoms with E-state index >= 15 is 0 Å². The van der Waals surface area contributed by atoms with Crippen molar-refractivity contribution in [2.75, 3.05) is 26.2 Å². The lowest BCUT2D eigenvalue weighted by atomic mass is 9.91. The fourth-order valence-electron chi connectivity index (χ4n) is 5.18. The summed E-state index contributed by atoms with van der Waals surface area (Å²) in [6.45, 7) is 4.90. The highest BCUT2D eigenvalue weighted by atomic mass is 16.3.